The number of rotatable bonds is 5. The van der Waals surface area contributed by atoms with Gasteiger partial charge in [0.25, 0.3) is 5.56 Å². The largest absolute Gasteiger partial charge is 0.477 e. The Bertz CT molecular complexity index is 516. The van der Waals surface area contributed by atoms with E-state index in [0.29, 0.717) is 6.61 Å². The Morgan fingerprint density at radius 1 is 1.59 bits per heavy atom. The normalized spacial score (nSPS) is 12.4. The first-order valence-corrected chi connectivity index (χ1v) is 5.13. The molecule has 94 valence electrons. The van der Waals surface area contributed by atoms with Crippen LogP contribution in [0.2, 0.25) is 0 Å². The fourth-order valence-electron chi connectivity index (χ4n) is 1.33. The van der Waals surface area contributed by atoms with Crippen molar-refractivity contribution in [2.45, 2.75) is 19.9 Å². The predicted octanol–water partition coefficient (Wildman–Crippen LogP) is -0.168. The molecule has 7 heteroatoms. The van der Waals surface area contributed by atoms with Gasteiger partial charge in [0.05, 0.1) is 12.6 Å². The summed E-state index contributed by atoms with van der Waals surface area (Å²) >= 11 is 0. The molecule has 0 aliphatic carbocycles. The smallest absolute Gasteiger partial charge is 0.342 e. The summed E-state index contributed by atoms with van der Waals surface area (Å²) in [5.74, 6) is -1.37. The van der Waals surface area contributed by atoms with E-state index in [0.717, 1.165) is 10.8 Å². The van der Waals surface area contributed by atoms with Crippen LogP contribution in [-0.2, 0) is 4.74 Å². The number of hydrogen-bond donors (Lipinski definition) is 2. The number of nitrogens with one attached hydrogen (secondary N) is 1. The van der Waals surface area contributed by atoms with Crippen molar-refractivity contribution < 1.29 is 14.6 Å². The number of carbonyl (C=O) groups is 1. The first-order chi connectivity index (χ1) is 7.97. The van der Waals surface area contributed by atoms with Crippen molar-refractivity contribution in [2.24, 2.45) is 0 Å². The number of H-pyrrole nitrogens is 1. The zero-order valence-electron chi connectivity index (χ0n) is 9.60. The Hall–Kier alpha value is -1.89. The number of aromatic nitrogens is 2. The molecular weight excluding hydrogens is 228 g/mol. The van der Waals surface area contributed by atoms with Crippen molar-refractivity contribution in [1.29, 1.82) is 0 Å². The maximum absolute atomic E-state index is 11.5. The molecule has 1 aromatic rings. The highest BCUT2D eigenvalue weighted by atomic mass is 16.5. The molecule has 1 heterocycles. The summed E-state index contributed by atoms with van der Waals surface area (Å²) in [6, 6.07) is -0.350. The van der Waals surface area contributed by atoms with Crippen molar-refractivity contribution in [3.8, 4) is 0 Å². The minimum Gasteiger partial charge on any atom is -0.477 e. The first kappa shape index (κ1) is 13.2. The second kappa shape index (κ2) is 5.44. The van der Waals surface area contributed by atoms with E-state index in [4.69, 9.17) is 9.84 Å². The van der Waals surface area contributed by atoms with Crippen LogP contribution in [0.3, 0.4) is 0 Å². The minimum atomic E-state index is -1.37. The standard InChI is InChI=1S/C10H14N2O5/c1-3-17-5-6(2)12-4-7(9(14)15)8(13)11-10(12)16/h4,6H,3,5H2,1-2H3,(H,14,15)(H,11,13,16). The highest BCUT2D eigenvalue weighted by Gasteiger charge is 2.14. The lowest BCUT2D eigenvalue weighted by Gasteiger charge is -2.14. The summed E-state index contributed by atoms with van der Waals surface area (Å²) in [4.78, 5) is 35.4. The molecule has 0 fully saturated rings. The van der Waals surface area contributed by atoms with Gasteiger partial charge in [0.2, 0.25) is 0 Å². The van der Waals surface area contributed by atoms with Crippen LogP contribution >= 0.6 is 0 Å². The number of ether oxygens (including phenoxy) is 1. The van der Waals surface area contributed by atoms with Crippen LogP contribution in [0.1, 0.15) is 30.2 Å². The quantitative estimate of drug-likeness (QED) is 0.746. The lowest BCUT2D eigenvalue weighted by molar-refractivity contribution is 0.0692. The summed E-state index contributed by atoms with van der Waals surface area (Å²) in [5, 5.41) is 8.77. The van der Waals surface area contributed by atoms with Crippen LogP contribution < -0.4 is 11.2 Å². The molecule has 1 aromatic heterocycles. The molecule has 0 bridgehead atoms. The third-order valence-electron chi connectivity index (χ3n) is 2.24. The molecule has 1 atom stereocenters. The highest BCUT2D eigenvalue weighted by molar-refractivity contribution is 5.86. The van der Waals surface area contributed by atoms with E-state index in [-0.39, 0.29) is 12.6 Å². The van der Waals surface area contributed by atoms with Crippen molar-refractivity contribution in [1.82, 2.24) is 9.55 Å². The van der Waals surface area contributed by atoms with Crippen LogP contribution in [0.5, 0.6) is 0 Å². The van der Waals surface area contributed by atoms with Crippen molar-refractivity contribution in [3.05, 3.63) is 32.6 Å². The van der Waals surface area contributed by atoms with Gasteiger partial charge in [0.1, 0.15) is 5.56 Å². The van der Waals surface area contributed by atoms with Crippen molar-refractivity contribution in [2.75, 3.05) is 13.2 Å². The van der Waals surface area contributed by atoms with E-state index in [1.165, 1.54) is 0 Å². The van der Waals surface area contributed by atoms with Crippen LogP contribution in [0.15, 0.2) is 15.8 Å². The van der Waals surface area contributed by atoms with E-state index < -0.39 is 22.8 Å². The molecule has 7 nitrogen and oxygen atoms in total. The number of carboxylic acids is 1. The van der Waals surface area contributed by atoms with Gasteiger partial charge in [-0.3, -0.25) is 14.3 Å². The van der Waals surface area contributed by atoms with Gasteiger partial charge >= 0.3 is 11.7 Å². The zero-order chi connectivity index (χ0) is 13.0. The van der Waals surface area contributed by atoms with Crippen LogP contribution in [-0.4, -0.2) is 33.8 Å². The van der Waals surface area contributed by atoms with Gasteiger partial charge in [-0.15, -0.1) is 0 Å². The molecule has 0 saturated carbocycles. The van der Waals surface area contributed by atoms with Crippen molar-refractivity contribution >= 4 is 5.97 Å². The Balaban J connectivity index is 3.16. The summed E-state index contributed by atoms with van der Waals surface area (Å²) in [7, 11) is 0. The topological polar surface area (TPSA) is 101 Å². The Labute approximate surface area is 96.7 Å². The van der Waals surface area contributed by atoms with Gasteiger partial charge in [0.15, 0.2) is 0 Å². The molecular formula is C10H14N2O5. The molecule has 0 aromatic carbocycles. The van der Waals surface area contributed by atoms with Crippen LogP contribution in [0, 0.1) is 0 Å². The van der Waals surface area contributed by atoms with Crippen molar-refractivity contribution in [3.63, 3.8) is 0 Å². The van der Waals surface area contributed by atoms with E-state index in [9.17, 15) is 14.4 Å². The van der Waals surface area contributed by atoms with Crippen LogP contribution in [0.4, 0.5) is 0 Å². The fraction of sp³-hybridized carbons (Fsp3) is 0.500. The molecule has 17 heavy (non-hydrogen) atoms. The van der Waals surface area contributed by atoms with E-state index >= 15 is 0 Å². The number of hydrogen-bond acceptors (Lipinski definition) is 4. The molecule has 0 saturated heterocycles. The van der Waals surface area contributed by atoms with Gasteiger partial charge in [0, 0.05) is 12.8 Å². The maximum atomic E-state index is 11.5. The average Bonchev–Trinajstić information content (AvgIpc) is 2.25. The molecule has 0 spiro atoms. The average molecular weight is 242 g/mol. The molecule has 1 unspecified atom stereocenters. The molecule has 0 amide bonds. The number of carboxylic acid groups (broad SMARTS) is 1. The molecule has 0 aliphatic heterocycles. The first-order valence-electron chi connectivity index (χ1n) is 5.13. The fourth-order valence-corrected chi connectivity index (χ4v) is 1.33. The lowest BCUT2D eigenvalue weighted by Crippen LogP contribution is -2.35. The van der Waals surface area contributed by atoms with Gasteiger partial charge in [-0.05, 0) is 13.8 Å². The van der Waals surface area contributed by atoms with Crippen LogP contribution in [0.25, 0.3) is 0 Å². The van der Waals surface area contributed by atoms with E-state index in [1.54, 1.807) is 6.92 Å². The Morgan fingerprint density at radius 2 is 2.24 bits per heavy atom. The second-order valence-corrected chi connectivity index (χ2v) is 3.52. The van der Waals surface area contributed by atoms with E-state index in [2.05, 4.69) is 0 Å². The summed E-state index contributed by atoms with van der Waals surface area (Å²) in [6.07, 6.45) is 1.03. The molecule has 0 radical (unpaired) electrons. The zero-order valence-corrected chi connectivity index (χ0v) is 9.60. The Morgan fingerprint density at radius 3 is 2.76 bits per heavy atom. The predicted molar refractivity (Wildman–Crippen MR) is 59.5 cm³/mol. The molecule has 2 N–H and O–H groups in total. The van der Waals surface area contributed by atoms with E-state index in [1.807, 2.05) is 11.9 Å². The third kappa shape index (κ3) is 3.04. The maximum Gasteiger partial charge on any atom is 0.342 e. The Kier molecular flexibility index (Phi) is 4.22. The molecule has 0 aliphatic rings. The number of aromatic amines is 1. The third-order valence-corrected chi connectivity index (χ3v) is 2.24. The SMILES string of the molecule is CCOCC(C)n1cc(C(=O)O)c(=O)[nH]c1=O. The number of aromatic carboxylic acids is 1. The second-order valence-electron chi connectivity index (χ2n) is 3.52. The monoisotopic (exact) mass is 242 g/mol. The molecule has 1 rings (SSSR count). The summed E-state index contributed by atoms with van der Waals surface area (Å²) < 4.78 is 6.28. The minimum absolute atomic E-state index is 0.265. The van der Waals surface area contributed by atoms with Gasteiger partial charge < -0.3 is 9.84 Å². The van der Waals surface area contributed by atoms with Gasteiger partial charge in [-0.2, -0.15) is 0 Å². The highest BCUT2D eigenvalue weighted by Crippen LogP contribution is 2.02. The summed E-state index contributed by atoms with van der Waals surface area (Å²) in [6.45, 7) is 4.27. The number of nitrogens with zero attached hydrogens (tertiary/aromatic N) is 1. The van der Waals surface area contributed by atoms with Gasteiger partial charge in [-0.1, -0.05) is 0 Å². The summed E-state index contributed by atoms with van der Waals surface area (Å²) in [5.41, 5.74) is -2.01. The van der Waals surface area contributed by atoms with Gasteiger partial charge in [-0.25, -0.2) is 9.59 Å². The lowest BCUT2D eigenvalue weighted by atomic mass is 10.3.